The summed E-state index contributed by atoms with van der Waals surface area (Å²) in [5.74, 6) is -1.88. The van der Waals surface area contributed by atoms with E-state index in [1.165, 1.54) is 7.11 Å². The van der Waals surface area contributed by atoms with Gasteiger partial charge in [0.1, 0.15) is 11.6 Å². The molecule has 16 heavy (non-hydrogen) atoms. The van der Waals surface area contributed by atoms with Crippen molar-refractivity contribution in [1.29, 1.82) is 0 Å². The highest BCUT2D eigenvalue weighted by atomic mass is 16.5. The molecule has 1 heterocycles. The first-order valence-electron chi connectivity index (χ1n) is 5.41. The number of hydrogen-bond acceptors (Lipinski definition) is 4. The summed E-state index contributed by atoms with van der Waals surface area (Å²) >= 11 is 0. The van der Waals surface area contributed by atoms with Gasteiger partial charge in [-0.15, -0.1) is 0 Å². The molecule has 2 amide bonds. The Morgan fingerprint density at radius 2 is 2.31 bits per heavy atom. The van der Waals surface area contributed by atoms with Gasteiger partial charge in [0.2, 0.25) is 11.8 Å². The van der Waals surface area contributed by atoms with E-state index in [-0.39, 0.29) is 0 Å². The molecular weight excluding hydrogens is 212 g/mol. The van der Waals surface area contributed by atoms with Crippen LogP contribution in [0.25, 0.3) is 0 Å². The van der Waals surface area contributed by atoms with Gasteiger partial charge in [0.05, 0.1) is 6.10 Å². The molecule has 0 radical (unpaired) electrons. The van der Waals surface area contributed by atoms with E-state index in [1.54, 1.807) is 0 Å². The lowest BCUT2D eigenvalue weighted by Gasteiger charge is -2.28. The van der Waals surface area contributed by atoms with Crippen molar-refractivity contribution >= 4 is 11.8 Å². The number of ether oxygens (including phenoxy) is 1. The van der Waals surface area contributed by atoms with Gasteiger partial charge in [-0.05, 0) is 19.3 Å². The fourth-order valence-electron chi connectivity index (χ4n) is 1.88. The summed E-state index contributed by atoms with van der Waals surface area (Å²) in [6.45, 7) is 0.416. The Hall–Kier alpha value is -1.14. The van der Waals surface area contributed by atoms with Gasteiger partial charge in [0, 0.05) is 13.7 Å². The van der Waals surface area contributed by atoms with Gasteiger partial charge in [0.15, 0.2) is 0 Å². The zero-order valence-corrected chi connectivity index (χ0v) is 9.16. The largest absolute Gasteiger partial charge is 0.392 e. The summed E-state index contributed by atoms with van der Waals surface area (Å²) in [6.07, 6.45) is 1.00. The van der Waals surface area contributed by atoms with Crippen LogP contribution in [0.2, 0.25) is 0 Å². The Balaban J connectivity index is 2.00. The molecule has 1 aliphatic heterocycles. The minimum absolute atomic E-state index is 0.407. The fourth-order valence-corrected chi connectivity index (χ4v) is 1.88. The molecular formula is C10H16N2O4. The second-order valence-corrected chi connectivity index (χ2v) is 4.31. The smallest absolute Gasteiger partial charge is 0.237 e. The van der Waals surface area contributed by atoms with E-state index >= 15 is 0 Å². The van der Waals surface area contributed by atoms with Crippen molar-refractivity contribution in [3.63, 3.8) is 0 Å². The molecule has 1 saturated heterocycles. The summed E-state index contributed by atoms with van der Waals surface area (Å²) in [5.41, 5.74) is -0.603. The summed E-state index contributed by atoms with van der Waals surface area (Å²) in [6, 6.07) is 0. The number of aliphatic hydroxyl groups is 1. The van der Waals surface area contributed by atoms with Gasteiger partial charge in [-0.1, -0.05) is 0 Å². The van der Waals surface area contributed by atoms with Crippen molar-refractivity contribution in [3.8, 4) is 0 Å². The van der Waals surface area contributed by atoms with Crippen LogP contribution in [0.1, 0.15) is 19.3 Å². The van der Waals surface area contributed by atoms with Gasteiger partial charge in [-0.25, -0.2) is 0 Å². The molecule has 90 valence electrons. The summed E-state index contributed by atoms with van der Waals surface area (Å²) in [4.78, 5) is 23.3. The monoisotopic (exact) mass is 228 g/mol. The van der Waals surface area contributed by atoms with E-state index in [1.807, 2.05) is 0 Å². The van der Waals surface area contributed by atoms with Crippen LogP contribution in [-0.4, -0.2) is 42.4 Å². The topological polar surface area (TPSA) is 87.7 Å². The zero-order chi connectivity index (χ0) is 11.8. The van der Waals surface area contributed by atoms with E-state index in [2.05, 4.69) is 10.6 Å². The molecule has 6 nitrogen and oxygen atoms in total. The maximum Gasteiger partial charge on any atom is 0.237 e. The van der Waals surface area contributed by atoms with Gasteiger partial charge in [0.25, 0.3) is 0 Å². The molecule has 1 aliphatic carbocycles. The average Bonchev–Trinajstić information content (AvgIpc) is 2.98. The van der Waals surface area contributed by atoms with Crippen LogP contribution < -0.4 is 10.6 Å². The van der Waals surface area contributed by atoms with Crippen LogP contribution in [0.3, 0.4) is 0 Å². The highest BCUT2D eigenvalue weighted by Crippen LogP contribution is 2.36. The highest BCUT2D eigenvalue weighted by molar-refractivity contribution is 6.01. The molecule has 0 spiro atoms. The number of hydrogen-bond donors (Lipinski definition) is 3. The average molecular weight is 228 g/mol. The number of amides is 2. The molecule has 2 unspecified atom stereocenters. The number of piperidine rings is 1. The van der Waals surface area contributed by atoms with Crippen LogP contribution in [0.4, 0.5) is 0 Å². The first-order chi connectivity index (χ1) is 7.58. The number of carbonyl (C=O) groups excluding carboxylic acids is 2. The minimum atomic E-state index is -1.01. The van der Waals surface area contributed by atoms with Crippen molar-refractivity contribution in [2.75, 3.05) is 13.7 Å². The molecule has 2 fully saturated rings. The second kappa shape index (κ2) is 4.03. The highest BCUT2D eigenvalue weighted by Gasteiger charge is 2.47. The lowest BCUT2D eigenvalue weighted by molar-refractivity contribution is -0.145. The Bertz CT molecular complexity index is 314. The third kappa shape index (κ3) is 2.03. The molecule has 2 aliphatic rings. The number of aliphatic hydroxyl groups excluding tert-OH is 1. The predicted molar refractivity (Wildman–Crippen MR) is 54.2 cm³/mol. The number of rotatable bonds is 3. The van der Waals surface area contributed by atoms with Crippen LogP contribution in [0, 0.1) is 5.92 Å². The van der Waals surface area contributed by atoms with Gasteiger partial charge < -0.3 is 20.5 Å². The standard InChI is InChI=1S/C10H16N2O4/c1-16-10(3-4-10)12-9(15)7-6(13)2-5-11-8(7)14/h6-7,13H,2-5H2,1H3,(H,11,14)(H,12,15). The third-order valence-corrected chi connectivity index (χ3v) is 3.13. The Kier molecular flexibility index (Phi) is 2.86. The molecule has 2 rings (SSSR count). The van der Waals surface area contributed by atoms with Crippen LogP contribution in [0.5, 0.6) is 0 Å². The van der Waals surface area contributed by atoms with E-state index in [4.69, 9.17) is 4.74 Å². The van der Waals surface area contributed by atoms with Crippen molar-refractivity contribution in [2.24, 2.45) is 5.92 Å². The maximum atomic E-state index is 11.8. The Labute approximate surface area is 93.3 Å². The zero-order valence-electron chi connectivity index (χ0n) is 9.16. The fraction of sp³-hybridized carbons (Fsp3) is 0.800. The van der Waals surface area contributed by atoms with E-state index in [9.17, 15) is 14.7 Å². The van der Waals surface area contributed by atoms with E-state index < -0.39 is 29.6 Å². The van der Waals surface area contributed by atoms with Crippen molar-refractivity contribution in [1.82, 2.24) is 10.6 Å². The Morgan fingerprint density at radius 3 is 2.81 bits per heavy atom. The molecule has 1 saturated carbocycles. The minimum Gasteiger partial charge on any atom is -0.392 e. The molecule has 0 bridgehead atoms. The SMILES string of the molecule is COC1(NC(=O)C2C(=O)NCCC2O)CC1. The van der Waals surface area contributed by atoms with Gasteiger partial charge in [-0.3, -0.25) is 9.59 Å². The summed E-state index contributed by atoms with van der Waals surface area (Å²) < 4.78 is 5.14. The molecule has 0 aromatic rings. The van der Waals surface area contributed by atoms with Crippen LogP contribution >= 0.6 is 0 Å². The maximum absolute atomic E-state index is 11.8. The quantitative estimate of drug-likeness (QED) is 0.415. The summed E-state index contributed by atoms with van der Waals surface area (Å²) in [5, 5.41) is 14.9. The number of nitrogens with one attached hydrogen (secondary N) is 2. The lowest BCUT2D eigenvalue weighted by Crippen LogP contribution is -2.54. The molecule has 2 atom stereocenters. The van der Waals surface area contributed by atoms with Crippen molar-refractivity contribution < 1.29 is 19.4 Å². The number of carbonyl (C=O) groups is 2. The predicted octanol–water partition coefficient (Wildman–Crippen LogP) is -1.26. The number of methoxy groups -OCH3 is 1. The molecule has 3 N–H and O–H groups in total. The Morgan fingerprint density at radius 1 is 1.62 bits per heavy atom. The van der Waals surface area contributed by atoms with E-state index in [0.29, 0.717) is 13.0 Å². The molecule has 6 heteroatoms. The molecule has 0 aromatic carbocycles. The first-order valence-corrected chi connectivity index (χ1v) is 5.41. The van der Waals surface area contributed by atoms with Gasteiger partial charge >= 0.3 is 0 Å². The normalized spacial score (nSPS) is 31.8. The molecule has 0 aromatic heterocycles. The second-order valence-electron chi connectivity index (χ2n) is 4.31. The van der Waals surface area contributed by atoms with Crippen LogP contribution in [0.15, 0.2) is 0 Å². The van der Waals surface area contributed by atoms with Crippen molar-refractivity contribution in [2.45, 2.75) is 31.1 Å². The van der Waals surface area contributed by atoms with Crippen molar-refractivity contribution in [3.05, 3.63) is 0 Å². The van der Waals surface area contributed by atoms with Crippen LogP contribution in [-0.2, 0) is 14.3 Å². The van der Waals surface area contributed by atoms with Gasteiger partial charge in [-0.2, -0.15) is 0 Å². The van der Waals surface area contributed by atoms with E-state index in [0.717, 1.165) is 12.8 Å². The summed E-state index contributed by atoms with van der Waals surface area (Å²) in [7, 11) is 1.52. The first kappa shape index (κ1) is 11.3. The lowest BCUT2D eigenvalue weighted by atomic mass is 9.94. The third-order valence-electron chi connectivity index (χ3n) is 3.13.